The first-order valence-electron chi connectivity index (χ1n) is 5.98. The molecule has 8 heteroatoms. The van der Waals surface area contributed by atoms with Gasteiger partial charge < -0.3 is 10.3 Å². The van der Waals surface area contributed by atoms with Crippen LogP contribution in [0.15, 0.2) is 45.8 Å². The highest BCUT2D eigenvalue weighted by Crippen LogP contribution is 2.18. The summed E-state index contributed by atoms with van der Waals surface area (Å²) in [7, 11) is 0. The molecule has 0 aliphatic heterocycles. The van der Waals surface area contributed by atoms with Crippen LogP contribution in [0.4, 0.5) is 0 Å². The lowest BCUT2D eigenvalue weighted by Gasteiger charge is -2.07. The lowest BCUT2D eigenvalue weighted by Crippen LogP contribution is -2.31. The van der Waals surface area contributed by atoms with Crippen LogP contribution >= 0.6 is 0 Å². The number of nitrogen functional groups attached to an aromatic ring is 2. The summed E-state index contributed by atoms with van der Waals surface area (Å²) < 4.78 is 6.11. The number of rotatable bonds is 2. The first-order valence-corrected chi connectivity index (χ1v) is 5.98. The van der Waals surface area contributed by atoms with Crippen LogP contribution in [0.3, 0.4) is 0 Å². The van der Waals surface area contributed by atoms with Crippen LogP contribution in [0.25, 0.3) is 22.5 Å². The van der Waals surface area contributed by atoms with Crippen molar-refractivity contribution in [1.29, 1.82) is 0 Å². The van der Waals surface area contributed by atoms with E-state index in [-0.39, 0.29) is 11.4 Å². The normalized spacial score (nSPS) is 10.7. The number of hydrogen-bond donors (Lipinski definition) is 3. The summed E-state index contributed by atoms with van der Waals surface area (Å²) in [4.78, 5) is 28.0. The summed E-state index contributed by atoms with van der Waals surface area (Å²) in [6, 6.07) is 7.70. The predicted molar refractivity (Wildman–Crippen MR) is 75.5 cm³/mol. The van der Waals surface area contributed by atoms with Crippen molar-refractivity contribution in [2.24, 2.45) is 5.84 Å². The fraction of sp³-hybridized carbons (Fsp3) is 0. The molecule has 0 fully saturated rings. The molecule has 0 saturated carbocycles. The topological polar surface area (TPSA) is 129 Å². The highest BCUT2D eigenvalue weighted by atomic mass is 16.3. The molecule has 0 spiro atoms. The SMILES string of the molecule is NNC(=O)c1ccc2c(=O)n(N)c(-c3ccco3)nc2c1. The van der Waals surface area contributed by atoms with Gasteiger partial charge in [0.05, 0.1) is 17.2 Å². The van der Waals surface area contributed by atoms with E-state index >= 15 is 0 Å². The number of nitrogens with two attached hydrogens (primary N) is 2. The first kappa shape index (κ1) is 12.9. The van der Waals surface area contributed by atoms with Gasteiger partial charge in [-0.25, -0.2) is 15.5 Å². The third-order valence-corrected chi connectivity index (χ3v) is 3.04. The van der Waals surface area contributed by atoms with E-state index in [1.54, 1.807) is 12.1 Å². The maximum absolute atomic E-state index is 12.2. The Hall–Kier alpha value is -3.13. The van der Waals surface area contributed by atoms with Crippen LogP contribution < -0.4 is 22.7 Å². The minimum atomic E-state index is -0.477. The van der Waals surface area contributed by atoms with Crippen molar-refractivity contribution in [1.82, 2.24) is 15.1 Å². The zero-order valence-corrected chi connectivity index (χ0v) is 10.7. The molecule has 106 valence electrons. The zero-order chi connectivity index (χ0) is 15.0. The van der Waals surface area contributed by atoms with Crippen LogP contribution in [-0.2, 0) is 0 Å². The molecule has 3 aromatic rings. The predicted octanol–water partition coefficient (Wildman–Crippen LogP) is -0.0262. The third-order valence-electron chi connectivity index (χ3n) is 3.04. The third kappa shape index (κ3) is 2.03. The Kier molecular flexibility index (Phi) is 2.92. The molecule has 0 aliphatic rings. The number of hydrazine groups is 1. The molecule has 5 N–H and O–H groups in total. The molecule has 8 nitrogen and oxygen atoms in total. The molecular formula is C13H11N5O3. The average molecular weight is 285 g/mol. The van der Waals surface area contributed by atoms with E-state index in [1.165, 1.54) is 24.5 Å². The first-order chi connectivity index (χ1) is 10.1. The summed E-state index contributed by atoms with van der Waals surface area (Å²) in [5, 5.41) is 0.293. The molecule has 0 aliphatic carbocycles. The van der Waals surface area contributed by atoms with E-state index in [0.717, 1.165) is 4.68 Å². The highest BCUT2D eigenvalue weighted by molar-refractivity contribution is 5.97. The molecular weight excluding hydrogens is 274 g/mol. The van der Waals surface area contributed by atoms with Gasteiger partial charge in [-0.1, -0.05) is 0 Å². The van der Waals surface area contributed by atoms with Crippen molar-refractivity contribution in [3.8, 4) is 11.6 Å². The Morgan fingerprint density at radius 3 is 2.81 bits per heavy atom. The molecule has 0 bridgehead atoms. The number of furan rings is 1. The Morgan fingerprint density at radius 2 is 2.14 bits per heavy atom. The molecule has 0 atom stereocenters. The average Bonchev–Trinajstić information content (AvgIpc) is 3.03. The number of fused-ring (bicyclic) bond motifs is 1. The Morgan fingerprint density at radius 1 is 1.33 bits per heavy atom. The van der Waals surface area contributed by atoms with Gasteiger partial charge >= 0.3 is 0 Å². The van der Waals surface area contributed by atoms with Crippen molar-refractivity contribution >= 4 is 16.8 Å². The summed E-state index contributed by atoms with van der Waals surface area (Å²) in [6.07, 6.45) is 1.45. The van der Waals surface area contributed by atoms with E-state index in [9.17, 15) is 9.59 Å². The zero-order valence-electron chi connectivity index (χ0n) is 10.7. The van der Waals surface area contributed by atoms with E-state index in [4.69, 9.17) is 16.1 Å². The van der Waals surface area contributed by atoms with Crippen LogP contribution in [-0.4, -0.2) is 15.6 Å². The van der Waals surface area contributed by atoms with Crippen LogP contribution in [0.2, 0.25) is 0 Å². The van der Waals surface area contributed by atoms with Crippen LogP contribution in [0.1, 0.15) is 10.4 Å². The molecule has 1 amide bonds. The minimum absolute atomic E-state index is 0.169. The van der Waals surface area contributed by atoms with E-state index in [1.807, 2.05) is 5.43 Å². The number of aromatic nitrogens is 2. The molecule has 0 unspecified atom stereocenters. The number of amides is 1. The molecule has 21 heavy (non-hydrogen) atoms. The second kappa shape index (κ2) is 4.76. The maximum Gasteiger partial charge on any atom is 0.280 e. The summed E-state index contributed by atoms with van der Waals surface area (Å²) in [5.41, 5.74) is 2.20. The second-order valence-corrected chi connectivity index (χ2v) is 4.29. The molecule has 0 saturated heterocycles. The van der Waals surface area contributed by atoms with Gasteiger partial charge in [-0.2, -0.15) is 0 Å². The van der Waals surface area contributed by atoms with Gasteiger partial charge in [0.15, 0.2) is 11.6 Å². The van der Waals surface area contributed by atoms with Gasteiger partial charge in [0.25, 0.3) is 11.5 Å². The standard InChI is InChI=1S/C13H11N5O3/c14-17-12(19)7-3-4-8-9(6-7)16-11(18(15)13(8)20)10-2-1-5-21-10/h1-6H,14-15H2,(H,17,19). The second-order valence-electron chi connectivity index (χ2n) is 4.29. The lowest BCUT2D eigenvalue weighted by atomic mass is 10.1. The smallest absolute Gasteiger partial charge is 0.280 e. The summed E-state index contributed by atoms with van der Waals surface area (Å²) >= 11 is 0. The van der Waals surface area contributed by atoms with Crippen molar-refractivity contribution in [3.63, 3.8) is 0 Å². The van der Waals surface area contributed by atoms with Crippen molar-refractivity contribution in [2.45, 2.75) is 0 Å². The quantitative estimate of drug-likeness (QED) is 0.344. The van der Waals surface area contributed by atoms with Gasteiger partial charge in [0, 0.05) is 5.56 Å². The highest BCUT2D eigenvalue weighted by Gasteiger charge is 2.14. The van der Waals surface area contributed by atoms with Gasteiger partial charge in [-0.3, -0.25) is 15.0 Å². The summed E-state index contributed by atoms with van der Waals surface area (Å²) in [6.45, 7) is 0. The number of carbonyl (C=O) groups excluding carboxylic acids is 1. The molecule has 2 aromatic heterocycles. The Labute approximate surface area is 117 Å². The number of benzene rings is 1. The minimum Gasteiger partial charge on any atom is -0.461 e. The number of nitrogens with zero attached hydrogens (tertiary/aromatic N) is 2. The van der Waals surface area contributed by atoms with E-state index in [2.05, 4.69) is 4.98 Å². The molecule has 2 heterocycles. The number of carbonyl (C=O) groups is 1. The fourth-order valence-corrected chi connectivity index (χ4v) is 2.00. The summed E-state index contributed by atoms with van der Waals surface area (Å²) in [5.74, 6) is 10.9. The van der Waals surface area contributed by atoms with Gasteiger partial charge in [0.2, 0.25) is 0 Å². The van der Waals surface area contributed by atoms with Crippen molar-refractivity contribution < 1.29 is 9.21 Å². The monoisotopic (exact) mass is 285 g/mol. The van der Waals surface area contributed by atoms with Gasteiger partial charge in [0.1, 0.15) is 0 Å². The lowest BCUT2D eigenvalue weighted by molar-refractivity contribution is 0.0954. The number of nitrogens with one attached hydrogen (secondary N) is 1. The molecule has 0 radical (unpaired) electrons. The van der Waals surface area contributed by atoms with E-state index < -0.39 is 11.5 Å². The van der Waals surface area contributed by atoms with E-state index in [0.29, 0.717) is 16.7 Å². The Bertz CT molecular complexity index is 883. The number of hydrogen-bond acceptors (Lipinski definition) is 6. The van der Waals surface area contributed by atoms with Crippen LogP contribution in [0.5, 0.6) is 0 Å². The van der Waals surface area contributed by atoms with Gasteiger partial charge in [-0.15, -0.1) is 0 Å². The largest absolute Gasteiger partial charge is 0.461 e. The maximum atomic E-state index is 12.2. The van der Waals surface area contributed by atoms with Gasteiger partial charge in [-0.05, 0) is 30.3 Å². The molecule has 3 rings (SSSR count). The van der Waals surface area contributed by atoms with Crippen LogP contribution in [0, 0.1) is 0 Å². The fourth-order valence-electron chi connectivity index (χ4n) is 2.00. The van der Waals surface area contributed by atoms with Crippen molar-refractivity contribution in [2.75, 3.05) is 5.84 Å². The van der Waals surface area contributed by atoms with Crippen molar-refractivity contribution in [3.05, 3.63) is 52.5 Å². The Balaban J connectivity index is 2.30. The molecule has 1 aromatic carbocycles.